The van der Waals surface area contributed by atoms with Gasteiger partial charge in [-0.1, -0.05) is 62.8 Å². The van der Waals surface area contributed by atoms with Gasteiger partial charge in [0, 0.05) is 16.7 Å². The van der Waals surface area contributed by atoms with Crippen LogP contribution in [0.5, 0.6) is 0 Å². The van der Waals surface area contributed by atoms with Crippen LogP contribution < -0.4 is 0 Å². The minimum atomic E-state index is -1.23. The van der Waals surface area contributed by atoms with Crippen LogP contribution in [0.25, 0.3) is 0 Å². The molecule has 5 rings (SSSR count). The molecule has 34 heavy (non-hydrogen) atoms. The van der Waals surface area contributed by atoms with Crippen LogP contribution in [0.15, 0.2) is 54.1 Å². The van der Waals surface area contributed by atoms with Gasteiger partial charge in [0.1, 0.15) is 0 Å². The second-order valence-electron chi connectivity index (χ2n) is 11.4. The third kappa shape index (κ3) is 2.89. The molecule has 5 heteroatoms. The Labute approximate surface area is 212 Å². The Morgan fingerprint density at radius 2 is 1.82 bits per heavy atom. The maximum atomic E-state index is 13.5. The van der Waals surface area contributed by atoms with Crippen LogP contribution in [0, 0.1) is 28.6 Å². The van der Waals surface area contributed by atoms with Crippen LogP contribution in [0.1, 0.15) is 70.2 Å². The number of carbonyl (C=O) groups is 2. The second kappa shape index (κ2) is 7.96. The first-order chi connectivity index (χ1) is 16.0. The van der Waals surface area contributed by atoms with Gasteiger partial charge in [-0.2, -0.15) is 0 Å². The summed E-state index contributed by atoms with van der Waals surface area (Å²) in [6.07, 6.45) is 11.0. The largest absolute Gasteiger partial charge is 0.447 e. The van der Waals surface area contributed by atoms with E-state index in [1.54, 1.807) is 19.1 Å². The molecule has 3 saturated carbocycles. The summed E-state index contributed by atoms with van der Waals surface area (Å²) in [5, 5.41) is -0.365. The second-order valence-corrected chi connectivity index (χ2v) is 12.5. The van der Waals surface area contributed by atoms with Gasteiger partial charge in [0.15, 0.2) is 11.4 Å². The van der Waals surface area contributed by atoms with Gasteiger partial charge in [-0.3, -0.25) is 4.79 Å². The van der Waals surface area contributed by atoms with Crippen molar-refractivity contribution in [2.75, 3.05) is 0 Å². The Morgan fingerprint density at radius 3 is 2.50 bits per heavy atom. The molecule has 8 atom stereocenters. The average Bonchev–Trinajstić information content (AvgIpc) is 3.02. The van der Waals surface area contributed by atoms with E-state index in [0.29, 0.717) is 12.0 Å². The molecule has 0 spiro atoms. The van der Waals surface area contributed by atoms with Crippen LogP contribution in [0.4, 0.5) is 0 Å². The van der Waals surface area contributed by atoms with Crippen LogP contribution in [0.3, 0.4) is 0 Å². The highest BCUT2D eigenvalue weighted by Gasteiger charge is 2.75. The summed E-state index contributed by atoms with van der Waals surface area (Å²) in [7, 11) is 0. The van der Waals surface area contributed by atoms with E-state index in [0.717, 1.165) is 25.7 Å². The van der Waals surface area contributed by atoms with Crippen molar-refractivity contribution < 1.29 is 14.3 Å². The molecule has 2 unspecified atom stereocenters. The van der Waals surface area contributed by atoms with Gasteiger partial charge in [-0.15, -0.1) is 23.2 Å². The molecule has 1 aromatic rings. The molecule has 0 aromatic heterocycles. The molecule has 4 aliphatic carbocycles. The highest BCUT2D eigenvalue weighted by Crippen LogP contribution is 2.73. The summed E-state index contributed by atoms with van der Waals surface area (Å²) in [6.45, 7) is 7.98. The van der Waals surface area contributed by atoms with Gasteiger partial charge < -0.3 is 4.74 Å². The Bertz CT molecular complexity index is 1080. The van der Waals surface area contributed by atoms with Crippen molar-refractivity contribution >= 4 is 35.0 Å². The lowest BCUT2D eigenvalue weighted by atomic mass is 9.46. The molecule has 0 amide bonds. The Hall–Kier alpha value is -1.58. The monoisotopic (exact) mass is 500 g/mol. The molecule has 3 fully saturated rings. The van der Waals surface area contributed by atoms with E-state index >= 15 is 0 Å². The highest BCUT2D eigenvalue weighted by molar-refractivity contribution is 6.33. The third-order valence-electron chi connectivity index (χ3n) is 9.98. The summed E-state index contributed by atoms with van der Waals surface area (Å²) in [5.74, 6) is -0.410. The van der Waals surface area contributed by atoms with Crippen molar-refractivity contribution in [3.8, 4) is 0 Å². The first kappa shape index (κ1) is 24.1. The lowest BCUT2D eigenvalue weighted by molar-refractivity contribution is -0.164. The smallest absolute Gasteiger partial charge is 0.339 e. The van der Waals surface area contributed by atoms with Gasteiger partial charge in [0.05, 0.1) is 15.8 Å². The number of carbonyl (C=O) groups excluding carboxylic acids is 2. The first-order valence-corrected chi connectivity index (χ1v) is 13.3. The molecule has 0 bridgehead atoms. The van der Waals surface area contributed by atoms with Crippen molar-refractivity contribution in [3.63, 3.8) is 0 Å². The lowest BCUT2D eigenvalue weighted by Crippen LogP contribution is -2.68. The van der Waals surface area contributed by atoms with Crippen LogP contribution in [0.2, 0.25) is 0 Å². The Morgan fingerprint density at radius 1 is 1.12 bits per heavy atom. The number of ether oxygens (including phenoxy) is 1. The van der Waals surface area contributed by atoms with Gasteiger partial charge >= 0.3 is 5.97 Å². The van der Waals surface area contributed by atoms with Crippen LogP contribution >= 0.6 is 23.2 Å². The molecule has 0 aliphatic heterocycles. The molecule has 0 saturated heterocycles. The number of esters is 1. The van der Waals surface area contributed by atoms with Crippen LogP contribution in [-0.4, -0.2) is 27.6 Å². The fourth-order valence-electron chi connectivity index (χ4n) is 8.42. The summed E-state index contributed by atoms with van der Waals surface area (Å²) < 4.78 is 6.31. The molecule has 1 aromatic carbocycles. The molecular weight excluding hydrogens is 467 g/mol. The minimum Gasteiger partial charge on any atom is -0.447 e. The number of ketones is 1. The normalized spacial score (nSPS) is 44.9. The third-order valence-corrected chi connectivity index (χ3v) is 11.5. The number of rotatable bonds is 3. The van der Waals surface area contributed by atoms with Crippen LogP contribution in [-0.2, 0) is 9.53 Å². The first-order valence-electron chi connectivity index (χ1n) is 12.5. The average molecular weight is 501 g/mol. The lowest BCUT2D eigenvalue weighted by Gasteiger charge is -2.64. The van der Waals surface area contributed by atoms with E-state index in [2.05, 4.69) is 39.0 Å². The molecule has 182 valence electrons. The maximum Gasteiger partial charge on any atom is 0.339 e. The molecule has 0 heterocycles. The fourth-order valence-corrected chi connectivity index (χ4v) is 9.65. The topological polar surface area (TPSA) is 43.4 Å². The Balaban J connectivity index is 1.59. The predicted octanol–water partition coefficient (Wildman–Crippen LogP) is 7.12. The van der Waals surface area contributed by atoms with E-state index < -0.39 is 21.9 Å². The fraction of sp³-hybridized carbons (Fsp3) is 0.586. The van der Waals surface area contributed by atoms with E-state index in [-0.39, 0.29) is 34.3 Å². The molecule has 0 radical (unpaired) electrons. The number of Topliss-reactive ketones (excluding diaryl/α,β-unsaturated/α-hetero) is 1. The maximum absolute atomic E-state index is 13.5. The summed E-state index contributed by atoms with van der Waals surface area (Å²) in [4.78, 5) is 26.1. The number of hydrogen-bond acceptors (Lipinski definition) is 3. The van der Waals surface area contributed by atoms with Gasteiger partial charge in [-0.25, -0.2) is 4.79 Å². The zero-order chi connectivity index (χ0) is 24.5. The standard InChI is InChI=1S/C29H34Cl2O3/c1-18-16-23-22-14-13-21-12-8-9-15-26(21,3)28(22,31)24(30)17-27(23,4)29(18,19(2)32)34-25(33)20-10-6-5-7-11-20/h5-7,9-12,15,18,22-24H,8,13-14,16-17H2,1-4H3/t18?,22-,23-,24?,26-,27-,28-,29-/m0/s1. The van der Waals surface area contributed by atoms with Crippen molar-refractivity contribution in [1.82, 2.24) is 0 Å². The predicted molar refractivity (Wildman–Crippen MR) is 136 cm³/mol. The number of halogens is 2. The summed E-state index contributed by atoms with van der Waals surface area (Å²) in [6, 6.07) is 8.94. The Kier molecular flexibility index (Phi) is 5.65. The van der Waals surface area contributed by atoms with Crippen molar-refractivity contribution in [2.24, 2.45) is 28.6 Å². The van der Waals surface area contributed by atoms with E-state index in [9.17, 15) is 9.59 Å². The van der Waals surface area contributed by atoms with Gasteiger partial charge in [0.25, 0.3) is 0 Å². The SMILES string of the molecule is CC(=O)[C@@]1(OC(=O)c2ccccc2)C(C)C[C@H]2[C@@H]3CCC4=CCC=C[C@]4(C)[C@@]3(Cl)C(Cl)C[C@@]21C. The quantitative estimate of drug-likeness (QED) is 0.252. The minimum absolute atomic E-state index is 0.0969. The summed E-state index contributed by atoms with van der Waals surface area (Å²) in [5.41, 5.74) is -0.284. The number of alkyl halides is 2. The van der Waals surface area contributed by atoms with Gasteiger partial charge in [-0.05, 0) is 63.0 Å². The molecule has 3 nitrogen and oxygen atoms in total. The van der Waals surface area contributed by atoms with E-state index in [1.165, 1.54) is 5.57 Å². The number of fused-ring (bicyclic) bond motifs is 5. The zero-order valence-electron chi connectivity index (χ0n) is 20.4. The molecule has 4 aliphatic rings. The van der Waals surface area contributed by atoms with Crippen molar-refractivity contribution in [3.05, 3.63) is 59.7 Å². The van der Waals surface area contributed by atoms with Gasteiger partial charge in [0.2, 0.25) is 0 Å². The molecular formula is C29H34Cl2O3. The highest BCUT2D eigenvalue weighted by atomic mass is 35.5. The van der Waals surface area contributed by atoms with Crippen molar-refractivity contribution in [2.45, 2.75) is 75.7 Å². The van der Waals surface area contributed by atoms with E-state index in [1.807, 2.05) is 18.2 Å². The zero-order valence-corrected chi connectivity index (χ0v) is 22.0. The number of hydrogen-bond donors (Lipinski definition) is 0. The van der Waals surface area contributed by atoms with E-state index in [4.69, 9.17) is 27.9 Å². The summed E-state index contributed by atoms with van der Waals surface area (Å²) >= 11 is 15.0. The number of allylic oxidation sites excluding steroid dienone is 4. The van der Waals surface area contributed by atoms with Crippen molar-refractivity contribution in [1.29, 1.82) is 0 Å². The number of benzene rings is 1. The molecule has 0 N–H and O–H groups in total.